The summed E-state index contributed by atoms with van der Waals surface area (Å²) in [6.07, 6.45) is -0.294. The Morgan fingerprint density at radius 1 is 1.12 bits per heavy atom. The highest BCUT2D eigenvalue weighted by molar-refractivity contribution is 5.28. The Morgan fingerprint density at radius 2 is 1.84 bits per heavy atom. The van der Waals surface area contributed by atoms with Gasteiger partial charge in [-0.2, -0.15) is 8.78 Å². The molecule has 0 unspecified atom stereocenters. The maximum absolute atomic E-state index is 12.2. The van der Waals surface area contributed by atoms with E-state index in [1.165, 1.54) is 0 Å². The van der Waals surface area contributed by atoms with Gasteiger partial charge >= 0.3 is 6.61 Å². The Morgan fingerprint density at radius 3 is 2.48 bits per heavy atom. The summed E-state index contributed by atoms with van der Waals surface area (Å²) < 4.78 is 34.6. The lowest BCUT2D eigenvalue weighted by Gasteiger charge is -2.41. The summed E-state index contributed by atoms with van der Waals surface area (Å²) in [6.45, 7) is -0.976. The first-order valence-electron chi connectivity index (χ1n) is 8.22. The molecule has 1 N–H and O–H groups in total. The number of ether oxygens (including phenoxy) is 2. The summed E-state index contributed by atoms with van der Waals surface area (Å²) >= 11 is 0. The second-order valence-corrected chi connectivity index (χ2v) is 5.94. The van der Waals surface area contributed by atoms with E-state index in [0.29, 0.717) is 13.2 Å². The average molecular weight is 349 g/mol. The average Bonchev–Trinajstić information content (AvgIpc) is 2.63. The van der Waals surface area contributed by atoms with Gasteiger partial charge in [0.25, 0.3) is 0 Å². The van der Waals surface area contributed by atoms with E-state index < -0.39 is 6.61 Å². The summed E-state index contributed by atoms with van der Waals surface area (Å²) in [5.74, 6) is 0.147. The van der Waals surface area contributed by atoms with Crippen LogP contribution in [-0.4, -0.2) is 42.5 Å². The number of alkyl halides is 2. The van der Waals surface area contributed by atoms with Crippen LogP contribution >= 0.6 is 0 Å². The van der Waals surface area contributed by atoms with Crippen molar-refractivity contribution >= 4 is 0 Å². The van der Waals surface area contributed by atoms with Gasteiger partial charge in [-0.3, -0.25) is 4.90 Å². The monoisotopic (exact) mass is 349 g/mol. The van der Waals surface area contributed by atoms with Crippen molar-refractivity contribution in [1.29, 1.82) is 0 Å². The minimum atomic E-state index is -2.82. The predicted molar refractivity (Wildman–Crippen MR) is 89.5 cm³/mol. The van der Waals surface area contributed by atoms with Gasteiger partial charge in [0, 0.05) is 13.1 Å². The molecule has 25 heavy (non-hydrogen) atoms. The fraction of sp³-hybridized carbons (Fsp3) is 0.368. The molecule has 0 aliphatic carbocycles. The second kappa shape index (κ2) is 8.38. The quantitative estimate of drug-likeness (QED) is 0.870. The van der Waals surface area contributed by atoms with Crippen LogP contribution in [0.3, 0.4) is 0 Å². The van der Waals surface area contributed by atoms with Crippen molar-refractivity contribution in [2.45, 2.75) is 25.3 Å². The Bertz CT molecular complexity index is 651. The number of nitrogens with zero attached hydrogens (tertiary/aromatic N) is 1. The standard InChI is InChI=1S/C19H21F2NO3/c20-19(21)25-16-8-6-14(7-9-16)12-22-10-11-24-17(13-23)18(22)15-4-2-1-3-5-15/h1-9,17-19,23H,10-13H2/t17-,18-/m1/s1. The first kappa shape index (κ1) is 17.8. The summed E-state index contributed by atoms with van der Waals surface area (Å²) in [5, 5.41) is 9.69. The highest BCUT2D eigenvalue weighted by Gasteiger charge is 2.33. The second-order valence-electron chi connectivity index (χ2n) is 5.94. The van der Waals surface area contributed by atoms with Crippen LogP contribution in [-0.2, 0) is 11.3 Å². The zero-order valence-electron chi connectivity index (χ0n) is 13.7. The third-order valence-electron chi connectivity index (χ3n) is 4.31. The predicted octanol–water partition coefficient (Wildman–Crippen LogP) is 3.22. The van der Waals surface area contributed by atoms with Crippen molar-refractivity contribution < 1.29 is 23.4 Å². The first-order valence-corrected chi connectivity index (χ1v) is 8.22. The van der Waals surface area contributed by atoms with Crippen LogP contribution in [0.5, 0.6) is 5.75 Å². The van der Waals surface area contributed by atoms with Gasteiger partial charge in [-0.1, -0.05) is 42.5 Å². The van der Waals surface area contributed by atoms with Gasteiger partial charge in [-0.15, -0.1) is 0 Å². The lowest BCUT2D eigenvalue weighted by molar-refractivity contribution is -0.0960. The zero-order valence-corrected chi connectivity index (χ0v) is 13.7. The molecule has 0 amide bonds. The smallest absolute Gasteiger partial charge is 0.387 e. The normalized spacial score (nSPS) is 21.4. The molecule has 1 aliphatic rings. The van der Waals surface area contributed by atoms with Gasteiger partial charge in [0.15, 0.2) is 0 Å². The molecule has 0 saturated carbocycles. The molecule has 1 aliphatic heterocycles. The van der Waals surface area contributed by atoms with Gasteiger partial charge in [-0.05, 0) is 23.3 Å². The molecule has 4 nitrogen and oxygen atoms in total. The largest absolute Gasteiger partial charge is 0.435 e. The summed E-state index contributed by atoms with van der Waals surface area (Å²) in [5.41, 5.74) is 2.07. The molecule has 1 heterocycles. The van der Waals surface area contributed by atoms with Gasteiger partial charge in [-0.25, -0.2) is 0 Å². The highest BCUT2D eigenvalue weighted by atomic mass is 19.3. The number of aliphatic hydroxyl groups is 1. The molecule has 0 bridgehead atoms. The number of rotatable bonds is 6. The molecule has 0 spiro atoms. The molecule has 1 saturated heterocycles. The molecular formula is C19H21F2NO3. The maximum atomic E-state index is 12.2. The van der Waals surface area contributed by atoms with Crippen LogP contribution in [0.1, 0.15) is 17.2 Å². The van der Waals surface area contributed by atoms with E-state index in [9.17, 15) is 13.9 Å². The van der Waals surface area contributed by atoms with E-state index in [1.54, 1.807) is 24.3 Å². The molecule has 134 valence electrons. The number of aliphatic hydroxyl groups excluding tert-OH is 1. The number of hydrogen-bond acceptors (Lipinski definition) is 4. The third kappa shape index (κ3) is 4.54. The Balaban J connectivity index is 1.76. The van der Waals surface area contributed by atoms with Gasteiger partial charge in [0.1, 0.15) is 11.9 Å². The molecular weight excluding hydrogens is 328 g/mol. The van der Waals surface area contributed by atoms with E-state index in [4.69, 9.17) is 4.74 Å². The molecule has 3 rings (SSSR count). The lowest BCUT2D eigenvalue weighted by Crippen LogP contribution is -2.46. The van der Waals surface area contributed by atoms with Crippen molar-refractivity contribution in [3.05, 3.63) is 65.7 Å². The van der Waals surface area contributed by atoms with Crippen LogP contribution in [0.25, 0.3) is 0 Å². The van der Waals surface area contributed by atoms with Gasteiger partial charge < -0.3 is 14.6 Å². The van der Waals surface area contributed by atoms with Crippen molar-refractivity contribution in [3.8, 4) is 5.75 Å². The van der Waals surface area contributed by atoms with Crippen LogP contribution < -0.4 is 4.74 Å². The summed E-state index contributed by atoms with van der Waals surface area (Å²) in [4.78, 5) is 2.24. The fourth-order valence-electron chi connectivity index (χ4n) is 3.20. The number of hydrogen-bond donors (Lipinski definition) is 1. The number of halogens is 2. The van der Waals surface area contributed by atoms with Crippen molar-refractivity contribution in [3.63, 3.8) is 0 Å². The Labute approximate surface area is 145 Å². The lowest BCUT2D eigenvalue weighted by atomic mass is 9.97. The Hall–Kier alpha value is -2.02. The van der Waals surface area contributed by atoms with E-state index in [1.807, 2.05) is 30.3 Å². The maximum Gasteiger partial charge on any atom is 0.387 e. The number of morpholine rings is 1. The van der Waals surface area contributed by atoms with Crippen LogP contribution in [0.4, 0.5) is 8.78 Å². The van der Waals surface area contributed by atoms with Crippen molar-refractivity contribution in [2.75, 3.05) is 19.8 Å². The molecule has 2 aromatic carbocycles. The highest BCUT2D eigenvalue weighted by Crippen LogP contribution is 2.31. The molecule has 1 fully saturated rings. The van der Waals surface area contributed by atoms with Crippen LogP contribution in [0.2, 0.25) is 0 Å². The molecule has 6 heteroatoms. The Kier molecular flexibility index (Phi) is 5.96. The molecule has 2 atom stereocenters. The van der Waals surface area contributed by atoms with Crippen molar-refractivity contribution in [2.24, 2.45) is 0 Å². The minimum Gasteiger partial charge on any atom is -0.435 e. The summed E-state index contributed by atoms with van der Waals surface area (Å²) in [6, 6.07) is 16.5. The molecule has 2 aromatic rings. The van der Waals surface area contributed by atoms with E-state index in [-0.39, 0.29) is 24.5 Å². The molecule has 0 aromatic heterocycles. The summed E-state index contributed by atoms with van der Waals surface area (Å²) in [7, 11) is 0. The minimum absolute atomic E-state index is 0.0583. The first-order chi connectivity index (χ1) is 12.2. The van der Waals surface area contributed by atoms with Crippen molar-refractivity contribution in [1.82, 2.24) is 4.90 Å². The van der Waals surface area contributed by atoms with Crippen LogP contribution in [0, 0.1) is 0 Å². The zero-order chi connectivity index (χ0) is 17.6. The van der Waals surface area contributed by atoms with E-state index in [0.717, 1.165) is 17.7 Å². The fourth-order valence-corrected chi connectivity index (χ4v) is 3.20. The molecule has 0 radical (unpaired) electrons. The van der Waals surface area contributed by atoms with Gasteiger partial charge in [0.05, 0.1) is 19.3 Å². The SMILES string of the molecule is OC[C@H]1OCCN(Cc2ccc(OC(F)F)cc2)[C@@H]1c1ccccc1. The topological polar surface area (TPSA) is 41.9 Å². The van der Waals surface area contributed by atoms with E-state index in [2.05, 4.69) is 9.64 Å². The third-order valence-corrected chi connectivity index (χ3v) is 4.31. The number of benzene rings is 2. The van der Waals surface area contributed by atoms with E-state index >= 15 is 0 Å². The van der Waals surface area contributed by atoms with Crippen LogP contribution in [0.15, 0.2) is 54.6 Å². The van der Waals surface area contributed by atoms with Gasteiger partial charge in [0.2, 0.25) is 0 Å².